The number of amides is 1. The van der Waals surface area contributed by atoms with Crippen molar-refractivity contribution in [3.8, 4) is 5.75 Å². The fourth-order valence-electron chi connectivity index (χ4n) is 1.66. The number of ether oxygens (including phenoxy) is 2. The Balaban J connectivity index is 2.52. The first kappa shape index (κ1) is 19.2. The van der Waals surface area contributed by atoms with Gasteiger partial charge in [-0.3, -0.25) is 4.79 Å². The van der Waals surface area contributed by atoms with Crippen molar-refractivity contribution in [2.45, 2.75) is 32.3 Å². The van der Waals surface area contributed by atoms with Crippen molar-refractivity contribution in [3.63, 3.8) is 0 Å². The van der Waals surface area contributed by atoms with Gasteiger partial charge in [0, 0.05) is 25.5 Å². The van der Waals surface area contributed by atoms with E-state index in [9.17, 15) is 14.0 Å². The van der Waals surface area contributed by atoms with Gasteiger partial charge in [0.2, 0.25) is 5.91 Å². The number of halogens is 2. The summed E-state index contributed by atoms with van der Waals surface area (Å²) in [5, 5.41) is 0.237. The quantitative estimate of drug-likeness (QED) is 0.563. The Morgan fingerprint density at radius 1 is 1.30 bits per heavy atom. The van der Waals surface area contributed by atoms with E-state index < -0.39 is 17.4 Å². The maximum Gasteiger partial charge on any atom is 0.349 e. The molecule has 0 radical (unpaired) electrons. The third-order valence-corrected chi connectivity index (χ3v) is 3.25. The van der Waals surface area contributed by atoms with Gasteiger partial charge in [-0.1, -0.05) is 11.6 Å². The van der Waals surface area contributed by atoms with Crippen LogP contribution >= 0.6 is 11.6 Å². The van der Waals surface area contributed by atoms with Gasteiger partial charge in [-0.15, -0.1) is 0 Å². The maximum atomic E-state index is 13.7. The van der Waals surface area contributed by atoms with Crippen LogP contribution in [0, 0.1) is 5.82 Å². The zero-order valence-electron chi connectivity index (χ0n) is 13.7. The minimum Gasteiger partial charge on any atom is -0.473 e. The van der Waals surface area contributed by atoms with E-state index >= 15 is 0 Å². The second-order valence-corrected chi connectivity index (χ2v) is 6.15. The molecule has 0 aliphatic heterocycles. The van der Waals surface area contributed by atoms with Gasteiger partial charge in [0.15, 0.2) is 17.2 Å². The molecule has 0 unspecified atom stereocenters. The lowest BCUT2D eigenvalue weighted by atomic mass is 10.1. The van der Waals surface area contributed by atoms with E-state index in [-0.39, 0.29) is 29.7 Å². The maximum absolute atomic E-state index is 13.7. The zero-order valence-corrected chi connectivity index (χ0v) is 14.4. The molecular weight excluding hydrogens is 325 g/mol. The summed E-state index contributed by atoms with van der Waals surface area (Å²) < 4.78 is 24.2. The molecule has 128 valence electrons. The Hall–Kier alpha value is -1.82. The average molecular weight is 346 g/mol. The zero-order chi connectivity index (χ0) is 17.6. The molecule has 1 aromatic rings. The van der Waals surface area contributed by atoms with Crippen molar-refractivity contribution in [3.05, 3.63) is 29.0 Å². The monoisotopic (exact) mass is 345 g/mol. The standard InChI is InChI=1S/C16H21ClFNO4/c1-16(2,23-13-8-7-11(17)10-12(13)18)15(21)22-9-5-6-14(20)19(3)4/h7-8,10H,5-6,9H2,1-4H3. The molecule has 1 aromatic carbocycles. The van der Waals surface area contributed by atoms with Crippen molar-refractivity contribution in [1.82, 2.24) is 4.90 Å². The lowest BCUT2D eigenvalue weighted by molar-refractivity contribution is -0.159. The molecule has 0 N–H and O–H groups in total. The van der Waals surface area contributed by atoms with E-state index in [2.05, 4.69) is 0 Å². The minimum absolute atomic E-state index is 0.0419. The summed E-state index contributed by atoms with van der Waals surface area (Å²) in [5.74, 6) is -1.42. The van der Waals surface area contributed by atoms with Gasteiger partial charge in [0.1, 0.15) is 0 Å². The molecule has 23 heavy (non-hydrogen) atoms. The molecule has 0 fully saturated rings. The molecule has 1 amide bonds. The Morgan fingerprint density at radius 2 is 1.96 bits per heavy atom. The number of hydrogen-bond acceptors (Lipinski definition) is 4. The molecule has 7 heteroatoms. The predicted octanol–water partition coefficient (Wildman–Crippen LogP) is 3.05. The van der Waals surface area contributed by atoms with Crippen molar-refractivity contribution in [2.24, 2.45) is 0 Å². The average Bonchev–Trinajstić information content (AvgIpc) is 2.45. The van der Waals surface area contributed by atoms with E-state index in [1.165, 1.54) is 30.9 Å². The number of carbonyl (C=O) groups is 2. The van der Waals surface area contributed by atoms with Crippen LogP contribution in [-0.4, -0.2) is 43.1 Å². The Bertz CT molecular complexity index is 575. The van der Waals surface area contributed by atoms with Crippen LogP contribution in [0.5, 0.6) is 5.75 Å². The molecule has 0 bridgehead atoms. The number of esters is 1. The molecule has 0 saturated carbocycles. The van der Waals surface area contributed by atoms with Crippen LogP contribution in [-0.2, 0) is 14.3 Å². The highest BCUT2D eigenvalue weighted by molar-refractivity contribution is 6.30. The first-order valence-electron chi connectivity index (χ1n) is 7.15. The fraction of sp³-hybridized carbons (Fsp3) is 0.500. The number of rotatable bonds is 7. The van der Waals surface area contributed by atoms with E-state index in [1.54, 1.807) is 14.1 Å². The van der Waals surface area contributed by atoms with Crippen molar-refractivity contribution in [2.75, 3.05) is 20.7 Å². The molecule has 0 aliphatic carbocycles. The Morgan fingerprint density at radius 3 is 2.52 bits per heavy atom. The van der Waals surface area contributed by atoms with Crippen LogP contribution in [0.3, 0.4) is 0 Å². The summed E-state index contributed by atoms with van der Waals surface area (Å²) in [6, 6.07) is 3.92. The van der Waals surface area contributed by atoms with Crippen molar-refractivity contribution < 1.29 is 23.5 Å². The van der Waals surface area contributed by atoms with Crippen LogP contribution < -0.4 is 4.74 Å². The highest BCUT2D eigenvalue weighted by Gasteiger charge is 2.32. The largest absolute Gasteiger partial charge is 0.473 e. The number of benzene rings is 1. The lowest BCUT2D eigenvalue weighted by Crippen LogP contribution is -2.40. The molecule has 1 rings (SSSR count). The number of nitrogens with zero attached hydrogens (tertiary/aromatic N) is 1. The molecule has 0 aliphatic rings. The molecular formula is C16H21ClFNO4. The molecule has 0 heterocycles. The van der Waals surface area contributed by atoms with Crippen LogP contribution in [0.4, 0.5) is 4.39 Å². The second-order valence-electron chi connectivity index (χ2n) is 5.71. The van der Waals surface area contributed by atoms with Gasteiger partial charge in [-0.2, -0.15) is 0 Å². The fourth-order valence-corrected chi connectivity index (χ4v) is 1.82. The van der Waals surface area contributed by atoms with Crippen molar-refractivity contribution in [1.29, 1.82) is 0 Å². The van der Waals surface area contributed by atoms with Crippen LogP contribution in [0.15, 0.2) is 18.2 Å². The van der Waals surface area contributed by atoms with Gasteiger partial charge < -0.3 is 14.4 Å². The van der Waals surface area contributed by atoms with E-state index in [0.717, 1.165) is 6.07 Å². The van der Waals surface area contributed by atoms with E-state index in [1.807, 2.05) is 0 Å². The van der Waals surface area contributed by atoms with Gasteiger partial charge in [0.05, 0.1) is 6.61 Å². The Kier molecular flexibility index (Phi) is 6.81. The predicted molar refractivity (Wildman–Crippen MR) is 85.0 cm³/mol. The van der Waals surface area contributed by atoms with Crippen LogP contribution in [0.1, 0.15) is 26.7 Å². The molecule has 0 atom stereocenters. The third-order valence-electron chi connectivity index (χ3n) is 3.02. The second kappa shape index (κ2) is 8.15. The van der Waals surface area contributed by atoms with Gasteiger partial charge in [-0.25, -0.2) is 9.18 Å². The van der Waals surface area contributed by atoms with Gasteiger partial charge in [-0.05, 0) is 38.5 Å². The van der Waals surface area contributed by atoms with Gasteiger partial charge >= 0.3 is 5.97 Å². The summed E-state index contributed by atoms with van der Waals surface area (Å²) >= 11 is 5.66. The normalized spacial score (nSPS) is 11.0. The first-order valence-corrected chi connectivity index (χ1v) is 7.52. The number of carbonyl (C=O) groups excluding carboxylic acids is 2. The van der Waals surface area contributed by atoms with Crippen LogP contribution in [0.25, 0.3) is 0 Å². The number of hydrogen-bond donors (Lipinski definition) is 0. The summed E-state index contributed by atoms with van der Waals surface area (Å²) in [5.41, 5.74) is -1.36. The Labute approximate surface area is 140 Å². The van der Waals surface area contributed by atoms with E-state index in [0.29, 0.717) is 6.42 Å². The van der Waals surface area contributed by atoms with E-state index in [4.69, 9.17) is 21.1 Å². The SMILES string of the molecule is CN(C)C(=O)CCCOC(=O)C(C)(C)Oc1ccc(Cl)cc1F. The summed E-state index contributed by atoms with van der Waals surface area (Å²) in [4.78, 5) is 24.9. The summed E-state index contributed by atoms with van der Waals surface area (Å²) in [7, 11) is 3.32. The van der Waals surface area contributed by atoms with Crippen molar-refractivity contribution >= 4 is 23.5 Å². The molecule has 0 spiro atoms. The molecule has 0 saturated heterocycles. The topological polar surface area (TPSA) is 55.8 Å². The smallest absolute Gasteiger partial charge is 0.349 e. The summed E-state index contributed by atoms with van der Waals surface area (Å²) in [6.45, 7) is 3.05. The summed E-state index contributed by atoms with van der Waals surface area (Å²) in [6.07, 6.45) is 0.696. The van der Waals surface area contributed by atoms with Gasteiger partial charge in [0.25, 0.3) is 0 Å². The van der Waals surface area contributed by atoms with Crippen LogP contribution in [0.2, 0.25) is 5.02 Å². The molecule has 5 nitrogen and oxygen atoms in total. The first-order chi connectivity index (χ1) is 10.6. The highest BCUT2D eigenvalue weighted by atomic mass is 35.5. The minimum atomic E-state index is -1.36. The lowest BCUT2D eigenvalue weighted by Gasteiger charge is -2.24. The third kappa shape index (κ3) is 6.06. The molecule has 0 aromatic heterocycles. The highest BCUT2D eigenvalue weighted by Crippen LogP contribution is 2.25.